The summed E-state index contributed by atoms with van der Waals surface area (Å²) in [5, 5.41) is 2.62. The minimum absolute atomic E-state index is 0.235. The van der Waals surface area contributed by atoms with Crippen molar-refractivity contribution in [1.29, 1.82) is 0 Å². The first-order valence-corrected chi connectivity index (χ1v) is 16.1. The quantitative estimate of drug-likeness (QED) is 0.0756. The molecule has 0 aromatic rings. The smallest absolute Gasteiger partial charge is 0.407 e. The van der Waals surface area contributed by atoms with Crippen molar-refractivity contribution < 1.29 is 66.5 Å². The lowest BCUT2D eigenvalue weighted by Crippen LogP contribution is -2.34. The number of hydrogen-bond donors (Lipinski definition) is 1. The first kappa shape index (κ1) is 42.8. The Bertz CT molecular complexity index is 807. The number of alkyl carbamates (subject to hydrolysis) is 1. The van der Waals surface area contributed by atoms with E-state index in [1.807, 2.05) is 20.8 Å². The van der Waals surface area contributed by atoms with Gasteiger partial charge in [-0.3, -0.25) is 14.5 Å². The molecule has 1 aliphatic heterocycles. The summed E-state index contributed by atoms with van der Waals surface area (Å²) in [5.74, 6) is -0.620. The molecule has 16 nitrogen and oxygen atoms in total. The minimum atomic E-state index is -0.517. The second kappa shape index (κ2) is 29.9. The van der Waals surface area contributed by atoms with Crippen molar-refractivity contribution in [2.24, 2.45) is 0 Å². The fourth-order valence-corrected chi connectivity index (χ4v) is 3.43. The summed E-state index contributed by atoms with van der Waals surface area (Å²) in [7, 11) is 0. The first-order chi connectivity index (χ1) is 22.8. The molecule has 0 aliphatic carbocycles. The number of carbonyl (C=O) groups is 3. The number of carbonyl (C=O) groups excluding carboxylic acids is 3. The van der Waals surface area contributed by atoms with Crippen LogP contribution < -0.4 is 5.32 Å². The van der Waals surface area contributed by atoms with Gasteiger partial charge < -0.3 is 57.4 Å². The van der Waals surface area contributed by atoms with E-state index in [2.05, 4.69) is 5.32 Å². The Morgan fingerprint density at radius 1 is 0.511 bits per heavy atom. The highest BCUT2D eigenvalue weighted by atomic mass is 16.6. The summed E-state index contributed by atoms with van der Waals surface area (Å²) < 4.78 is 59.4. The fraction of sp³-hybridized carbons (Fsp3) is 0.839. The monoisotopic (exact) mass is 680 g/mol. The molecule has 0 fully saturated rings. The Kier molecular flexibility index (Phi) is 27.2. The maximum absolute atomic E-state index is 11.5. The lowest BCUT2D eigenvalue weighted by atomic mass is 10.2. The molecule has 0 saturated carbocycles. The van der Waals surface area contributed by atoms with Gasteiger partial charge in [0, 0.05) is 18.7 Å². The Morgan fingerprint density at radius 2 is 0.787 bits per heavy atom. The molecule has 274 valence electrons. The van der Waals surface area contributed by atoms with Crippen molar-refractivity contribution in [2.75, 3.05) is 145 Å². The Labute approximate surface area is 278 Å². The molecule has 0 spiro atoms. The number of imide groups is 1. The Hall–Kier alpha value is -2.25. The van der Waals surface area contributed by atoms with E-state index in [1.165, 1.54) is 12.2 Å². The molecule has 0 unspecified atom stereocenters. The van der Waals surface area contributed by atoms with Crippen LogP contribution in [0.1, 0.15) is 20.8 Å². The first-order valence-electron chi connectivity index (χ1n) is 16.1. The van der Waals surface area contributed by atoms with E-state index in [-0.39, 0.29) is 25.0 Å². The van der Waals surface area contributed by atoms with Crippen molar-refractivity contribution >= 4 is 17.9 Å². The molecule has 0 radical (unpaired) electrons. The third kappa shape index (κ3) is 28.5. The predicted octanol–water partition coefficient (Wildman–Crippen LogP) is 0.602. The van der Waals surface area contributed by atoms with Crippen molar-refractivity contribution in [3.05, 3.63) is 12.2 Å². The maximum atomic E-state index is 11.5. The molecule has 0 bridgehead atoms. The van der Waals surface area contributed by atoms with Crippen molar-refractivity contribution in [2.45, 2.75) is 26.4 Å². The zero-order chi connectivity index (χ0) is 34.3. The zero-order valence-electron chi connectivity index (χ0n) is 28.4. The van der Waals surface area contributed by atoms with Gasteiger partial charge in [-0.1, -0.05) is 0 Å². The van der Waals surface area contributed by atoms with Crippen LogP contribution in [0.4, 0.5) is 4.79 Å². The molecule has 1 aliphatic rings. The van der Waals surface area contributed by atoms with Gasteiger partial charge in [-0.05, 0) is 20.8 Å². The molecule has 1 rings (SSSR count). The zero-order valence-corrected chi connectivity index (χ0v) is 28.4. The number of nitrogens with one attached hydrogen (secondary N) is 1. The number of nitrogens with zero attached hydrogens (tertiary/aromatic N) is 1. The van der Waals surface area contributed by atoms with Gasteiger partial charge in [-0.25, -0.2) is 4.79 Å². The fourth-order valence-electron chi connectivity index (χ4n) is 3.43. The molecule has 0 aromatic carbocycles. The summed E-state index contributed by atoms with van der Waals surface area (Å²) >= 11 is 0. The largest absolute Gasteiger partial charge is 0.444 e. The summed E-state index contributed by atoms with van der Waals surface area (Å²) in [5.41, 5.74) is -0.517. The highest BCUT2D eigenvalue weighted by molar-refractivity contribution is 6.12. The van der Waals surface area contributed by atoms with E-state index < -0.39 is 11.7 Å². The number of hydrogen-bond acceptors (Lipinski definition) is 14. The van der Waals surface area contributed by atoms with E-state index in [9.17, 15) is 14.4 Å². The van der Waals surface area contributed by atoms with Crippen LogP contribution in [0.3, 0.4) is 0 Å². The molecule has 47 heavy (non-hydrogen) atoms. The van der Waals surface area contributed by atoms with Gasteiger partial charge in [0.05, 0.1) is 139 Å². The van der Waals surface area contributed by atoms with Crippen LogP contribution in [0.2, 0.25) is 0 Å². The standard InChI is InChI=1S/C31H56N2O14/c1-31(2,3)47-30(36)32-6-8-37-10-12-39-14-16-41-18-20-43-22-24-45-26-27-46-25-23-44-21-19-42-17-15-40-13-11-38-9-7-33-28(34)4-5-29(33)35/h4-5H,6-27H2,1-3H3,(H,32,36). The molecule has 0 saturated heterocycles. The van der Waals surface area contributed by atoms with E-state index in [0.29, 0.717) is 132 Å². The van der Waals surface area contributed by atoms with Crippen LogP contribution in [-0.2, 0) is 61.7 Å². The summed E-state index contributed by atoms with van der Waals surface area (Å²) in [6, 6.07) is 0. The number of rotatable bonds is 33. The van der Waals surface area contributed by atoms with Gasteiger partial charge in [0.15, 0.2) is 0 Å². The average Bonchev–Trinajstić information content (AvgIpc) is 3.34. The van der Waals surface area contributed by atoms with Gasteiger partial charge in [-0.2, -0.15) is 0 Å². The van der Waals surface area contributed by atoms with Crippen LogP contribution in [0.5, 0.6) is 0 Å². The van der Waals surface area contributed by atoms with Gasteiger partial charge in [0.2, 0.25) is 0 Å². The van der Waals surface area contributed by atoms with Crippen LogP contribution >= 0.6 is 0 Å². The summed E-state index contributed by atoms with van der Waals surface area (Å²) in [6.07, 6.45) is 2.05. The van der Waals surface area contributed by atoms with Crippen molar-refractivity contribution in [3.63, 3.8) is 0 Å². The molecule has 0 aromatic heterocycles. The second-order valence-electron chi connectivity index (χ2n) is 10.7. The van der Waals surface area contributed by atoms with Crippen LogP contribution in [0, 0.1) is 0 Å². The number of amides is 3. The molecule has 1 N–H and O–H groups in total. The second-order valence-corrected chi connectivity index (χ2v) is 10.7. The van der Waals surface area contributed by atoms with Crippen molar-refractivity contribution in [3.8, 4) is 0 Å². The normalized spacial score (nSPS) is 13.2. The Balaban J connectivity index is 1.64. The predicted molar refractivity (Wildman–Crippen MR) is 168 cm³/mol. The van der Waals surface area contributed by atoms with Crippen LogP contribution in [0.25, 0.3) is 0 Å². The number of ether oxygens (including phenoxy) is 11. The van der Waals surface area contributed by atoms with E-state index >= 15 is 0 Å². The lowest BCUT2D eigenvalue weighted by Gasteiger charge is -2.19. The molecular weight excluding hydrogens is 624 g/mol. The lowest BCUT2D eigenvalue weighted by molar-refractivity contribution is -0.137. The molecule has 0 atom stereocenters. The van der Waals surface area contributed by atoms with Crippen molar-refractivity contribution in [1.82, 2.24) is 10.2 Å². The summed E-state index contributed by atoms with van der Waals surface area (Å²) in [6.45, 7) is 14.9. The minimum Gasteiger partial charge on any atom is -0.444 e. The Morgan fingerprint density at radius 3 is 1.09 bits per heavy atom. The highest BCUT2D eigenvalue weighted by Crippen LogP contribution is 2.06. The van der Waals surface area contributed by atoms with Gasteiger partial charge in [0.25, 0.3) is 11.8 Å². The van der Waals surface area contributed by atoms with Crippen LogP contribution in [-0.4, -0.2) is 174 Å². The van der Waals surface area contributed by atoms with E-state index in [4.69, 9.17) is 52.1 Å². The van der Waals surface area contributed by atoms with E-state index in [1.54, 1.807) is 0 Å². The third-order valence-corrected chi connectivity index (χ3v) is 5.62. The SMILES string of the molecule is CC(C)(C)OC(=O)NCCOCCOCCOCCOCCOCCOCCOCCOCCOCCOCCN1C(=O)C=CC1=O. The highest BCUT2D eigenvalue weighted by Gasteiger charge is 2.22. The van der Waals surface area contributed by atoms with Crippen LogP contribution in [0.15, 0.2) is 12.2 Å². The average molecular weight is 681 g/mol. The topological polar surface area (TPSA) is 168 Å². The van der Waals surface area contributed by atoms with Gasteiger partial charge in [0.1, 0.15) is 5.60 Å². The molecule has 16 heteroatoms. The summed E-state index contributed by atoms with van der Waals surface area (Å²) in [4.78, 5) is 35.4. The van der Waals surface area contributed by atoms with Gasteiger partial charge in [-0.15, -0.1) is 0 Å². The van der Waals surface area contributed by atoms with Gasteiger partial charge >= 0.3 is 6.09 Å². The molecule has 1 heterocycles. The molecule has 3 amide bonds. The third-order valence-electron chi connectivity index (χ3n) is 5.62. The maximum Gasteiger partial charge on any atom is 0.407 e. The van der Waals surface area contributed by atoms with E-state index in [0.717, 1.165) is 4.90 Å². The molecular formula is C31H56N2O14.